The van der Waals surface area contributed by atoms with Gasteiger partial charge in [-0.3, -0.25) is 4.79 Å². The SMILES string of the molecule is COCCOc1ccc(C[C@H](N)C(=O)O)cc1Cl. The quantitative estimate of drug-likeness (QED) is 0.732. The first-order valence-electron chi connectivity index (χ1n) is 5.43. The van der Waals surface area contributed by atoms with Gasteiger partial charge in [-0.2, -0.15) is 0 Å². The van der Waals surface area contributed by atoms with Gasteiger partial charge in [-0.05, 0) is 24.1 Å². The average Bonchev–Trinajstić information content (AvgIpc) is 2.32. The van der Waals surface area contributed by atoms with E-state index in [0.29, 0.717) is 24.0 Å². The van der Waals surface area contributed by atoms with Gasteiger partial charge in [0, 0.05) is 7.11 Å². The number of hydrogen-bond acceptors (Lipinski definition) is 4. The van der Waals surface area contributed by atoms with E-state index in [0.717, 1.165) is 5.56 Å². The molecular weight excluding hydrogens is 258 g/mol. The molecule has 1 aromatic carbocycles. The molecule has 0 saturated heterocycles. The van der Waals surface area contributed by atoms with Gasteiger partial charge in [0.05, 0.1) is 11.6 Å². The summed E-state index contributed by atoms with van der Waals surface area (Å²) in [5.41, 5.74) is 6.20. The summed E-state index contributed by atoms with van der Waals surface area (Å²) < 4.78 is 10.2. The fourth-order valence-electron chi connectivity index (χ4n) is 1.36. The Hall–Kier alpha value is -1.30. The van der Waals surface area contributed by atoms with Crippen LogP contribution < -0.4 is 10.5 Å². The van der Waals surface area contributed by atoms with Crippen molar-refractivity contribution in [3.05, 3.63) is 28.8 Å². The van der Waals surface area contributed by atoms with Crippen LogP contribution in [-0.4, -0.2) is 37.4 Å². The van der Waals surface area contributed by atoms with Crippen molar-refractivity contribution in [1.82, 2.24) is 0 Å². The third-order valence-electron chi connectivity index (χ3n) is 2.31. The topological polar surface area (TPSA) is 81.8 Å². The van der Waals surface area contributed by atoms with E-state index in [4.69, 9.17) is 31.9 Å². The fourth-order valence-corrected chi connectivity index (χ4v) is 1.62. The maximum absolute atomic E-state index is 10.6. The number of carboxylic acid groups (broad SMARTS) is 1. The van der Waals surface area contributed by atoms with Crippen LogP contribution in [0.25, 0.3) is 0 Å². The molecule has 1 atom stereocenters. The highest BCUT2D eigenvalue weighted by molar-refractivity contribution is 6.32. The van der Waals surface area contributed by atoms with E-state index in [1.165, 1.54) is 0 Å². The number of ether oxygens (including phenoxy) is 2. The van der Waals surface area contributed by atoms with E-state index in [9.17, 15) is 4.79 Å². The predicted molar refractivity (Wildman–Crippen MR) is 68.1 cm³/mol. The molecule has 0 radical (unpaired) electrons. The summed E-state index contributed by atoms with van der Waals surface area (Å²) in [6.45, 7) is 0.881. The standard InChI is InChI=1S/C12H16ClNO4/c1-17-4-5-18-11-3-2-8(6-9(11)13)7-10(14)12(15)16/h2-3,6,10H,4-5,7,14H2,1H3,(H,15,16)/t10-/m0/s1. The molecular formula is C12H16ClNO4. The highest BCUT2D eigenvalue weighted by atomic mass is 35.5. The van der Waals surface area contributed by atoms with Crippen LogP contribution >= 0.6 is 11.6 Å². The fraction of sp³-hybridized carbons (Fsp3) is 0.417. The first-order valence-corrected chi connectivity index (χ1v) is 5.81. The van der Waals surface area contributed by atoms with E-state index >= 15 is 0 Å². The summed E-state index contributed by atoms with van der Waals surface area (Å²) in [4.78, 5) is 10.6. The number of hydrogen-bond donors (Lipinski definition) is 2. The summed E-state index contributed by atoms with van der Waals surface area (Å²) in [5, 5.41) is 9.15. The largest absolute Gasteiger partial charge is 0.490 e. The lowest BCUT2D eigenvalue weighted by molar-refractivity contribution is -0.138. The van der Waals surface area contributed by atoms with Gasteiger partial charge in [0.1, 0.15) is 18.4 Å². The van der Waals surface area contributed by atoms with Gasteiger partial charge in [-0.25, -0.2) is 0 Å². The number of benzene rings is 1. The van der Waals surface area contributed by atoms with Crippen LogP contribution in [0.4, 0.5) is 0 Å². The number of halogens is 1. The zero-order valence-electron chi connectivity index (χ0n) is 10.1. The first kappa shape index (κ1) is 14.8. The summed E-state index contributed by atoms with van der Waals surface area (Å²) in [6, 6.07) is 4.17. The van der Waals surface area contributed by atoms with Crippen LogP contribution in [-0.2, 0) is 16.0 Å². The maximum atomic E-state index is 10.6. The monoisotopic (exact) mass is 273 g/mol. The Balaban J connectivity index is 2.64. The number of carboxylic acids is 1. The van der Waals surface area contributed by atoms with Gasteiger partial charge in [0.25, 0.3) is 0 Å². The molecule has 0 aliphatic rings. The Morgan fingerprint density at radius 3 is 2.78 bits per heavy atom. The predicted octanol–water partition coefficient (Wildman–Crippen LogP) is 1.32. The van der Waals surface area contributed by atoms with Crippen molar-refractivity contribution in [1.29, 1.82) is 0 Å². The average molecular weight is 274 g/mol. The van der Waals surface area contributed by atoms with Crippen molar-refractivity contribution in [3.8, 4) is 5.75 Å². The minimum absolute atomic E-state index is 0.230. The van der Waals surface area contributed by atoms with E-state index in [1.54, 1.807) is 25.3 Å². The molecule has 0 aliphatic heterocycles. The number of rotatable bonds is 7. The summed E-state index contributed by atoms with van der Waals surface area (Å²) in [5.74, 6) is -0.493. The zero-order chi connectivity index (χ0) is 13.5. The Kier molecular flexibility index (Phi) is 5.91. The molecule has 0 amide bonds. The molecule has 18 heavy (non-hydrogen) atoms. The molecule has 100 valence electrons. The van der Waals surface area contributed by atoms with Crippen LogP contribution in [0.2, 0.25) is 5.02 Å². The Morgan fingerprint density at radius 1 is 1.50 bits per heavy atom. The number of carbonyl (C=O) groups is 1. The molecule has 0 aliphatic carbocycles. The van der Waals surface area contributed by atoms with Crippen molar-refractivity contribution < 1.29 is 19.4 Å². The summed E-state index contributed by atoms with van der Waals surface area (Å²) in [7, 11) is 1.58. The van der Waals surface area contributed by atoms with Gasteiger partial charge < -0.3 is 20.3 Å². The Morgan fingerprint density at radius 2 is 2.22 bits per heavy atom. The van der Waals surface area contributed by atoms with Crippen molar-refractivity contribution in [3.63, 3.8) is 0 Å². The van der Waals surface area contributed by atoms with Gasteiger partial charge in [-0.1, -0.05) is 17.7 Å². The molecule has 6 heteroatoms. The van der Waals surface area contributed by atoms with Crippen LogP contribution in [0.15, 0.2) is 18.2 Å². The molecule has 3 N–H and O–H groups in total. The van der Waals surface area contributed by atoms with Gasteiger partial charge in [0.15, 0.2) is 0 Å². The molecule has 0 heterocycles. The minimum Gasteiger partial charge on any atom is -0.490 e. The van der Waals surface area contributed by atoms with Crippen molar-refractivity contribution >= 4 is 17.6 Å². The van der Waals surface area contributed by atoms with E-state index in [-0.39, 0.29) is 6.42 Å². The molecule has 0 aromatic heterocycles. The maximum Gasteiger partial charge on any atom is 0.320 e. The number of methoxy groups -OCH3 is 1. The Bertz CT molecular complexity index is 411. The molecule has 0 fully saturated rings. The first-order chi connectivity index (χ1) is 8.54. The molecule has 0 saturated carbocycles. The zero-order valence-corrected chi connectivity index (χ0v) is 10.8. The van der Waals surface area contributed by atoms with Crippen LogP contribution in [0.1, 0.15) is 5.56 Å². The second-order valence-corrected chi connectivity index (χ2v) is 4.16. The van der Waals surface area contributed by atoms with Gasteiger partial charge in [0.2, 0.25) is 0 Å². The smallest absolute Gasteiger partial charge is 0.320 e. The third-order valence-corrected chi connectivity index (χ3v) is 2.61. The summed E-state index contributed by atoms with van der Waals surface area (Å²) >= 11 is 6.02. The van der Waals surface area contributed by atoms with Crippen LogP contribution in [0.3, 0.4) is 0 Å². The molecule has 1 aromatic rings. The molecule has 1 rings (SSSR count). The highest BCUT2D eigenvalue weighted by Crippen LogP contribution is 2.25. The lowest BCUT2D eigenvalue weighted by Gasteiger charge is -2.10. The van der Waals surface area contributed by atoms with Crippen molar-refractivity contribution in [2.75, 3.05) is 20.3 Å². The van der Waals surface area contributed by atoms with Gasteiger partial charge >= 0.3 is 5.97 Å². The van der Waals surface area contributed by atoms with Crippen molar-refractivity contribution in [2.24, 2.45) is 5.73 Å². The minimum atomic E-state index is -1.04. The third kappa shape index (κ3) is 4.52. The molecule has 0 bridgehead atoms. The molecule has 0 unspecified atom stereocenters. The van der Waals surface area contributed by atoms with Crippen molar-refractivity contribution in [2.45, 2.75) is 12.5 Å². The molecule has 0 spiro atoms. The normalized spacial score (nSPS) is 12.2. The summed E-state index contributed by atoms with van der Waals surface area (Å²) in [6.07, 6.45) is 0.230. The second-order valence-electron chi connectivity index (χ2n) is 3.75. The highest BCUT2D eigenvalue weighted by Gasteiger charge is 2.13. The lowest BCUT2D eigenvalue weighted by atomic mass is 10.1. The Labute approximate surface area is 110 Å². The van der Waals surface area contributed by atoms with Crippen LogP contribution in [0, 0.1) is 0 Å². The van der Waals surface area contributed by atoms with E-state index in [2.05, 4.69) is 0 Å². The van der Waals surface area contributed by atoms with Gasteiger partial charge in [-0.15, -0.1) is 0 Å². The lowest BCUT2D eigenvalue weighted by Crippen LogP contribution is -2.32. The number of aliphatic carboxylic acids is 1. The molecule has 5 nitrogen and oxygen atoms in total. The van der Waals surface area contributed by atoms with E-state index in [1.807, 2.05) is 0 Å². The van der Waals surface area contributed by atoms with E-state index < -0.39 is 12.0 Å². The number of nitrogens with two attached hydrogens (primary N) is 1. The second kappa shape index (κ2) is 7.20. The van der Waals surface area contributed by atoms with Crippen LogP contribution in [0.5, 0.6) is 5.75 Å².